The van der Waals surface area contributed by atoms with Gasteiger partial charge in [-0.3, -0.25) is 4.98 Å². The maximum absolute atomic E-state index is 11.5. The van der Waals surface area contributed by atoms with Crippen LogP contribution in [0, 0.1) is 6.92 Å². The highest BCUT2D eigenvalue weighted by molar-refractivity contribution is 5.88. The number of pyridine rings is 1. The van der Waals surface area contributed by atoms with Gasteiger partial charge < -0.3 is 10.1 Å². The average molecular weight is 286 g/mol. The number of nitrogens with one attached hydrogen (secondary N) is 1. The van der Waals surface area contributed by atoms with E-state index in [0.717, 1.165) is 11.3 Å². The second-order valence-corrected chi connectivity index (χ2v) is 4.61. The zero-order valence-electron chi connectivity index (χ0n) is 12.3. The third kappa shape index (κ3) is 3.98. The van der Waals surface area contributed by atoms with E-state index in [-0.39, 0.29) is 6.04 Å². The van der Waals surface area contributed by atoms with Gasteiger partial charge in [-0.15, -0.1) is 0 Å². The average Bonchev–Trinajstić information content (AvgIpc) is 2.49. The number of anilines is 1. The zero-order valence-corrected chi connectivity index (χ0v) is 12.3. The van der Waals surface area contributed by atoms with Crippen molar-refractivity contribution in [3.8, 4) is 0 Å². The summed E-state index contributed by atoms with van der Waals surface area (Å²) in [5.74, 6) is 0.0379. The van der Waals surface area contributed by atoms with E-state index in [0.29, 0.717) is 18.1 Å². The van der Waals surface area contributed by atoms with E-state index in [1.165, 1.54) is 12.4 Å². The van der Waals surface area contributed by atoms with Gasteiger partial charge in [0.15, 0.2) is 0 Å². The number of aromatic nitrogens is 3. The van der Waals surface area contributed by atoms with Crippen molar-refractivity contribution in [1.29, 1.82) is 0 Å². The molecule has 21 heavy (non-hydrogen) atoms. The molecule has 1 N–H and O–H groups in total. The molecule has 2 rings (SSSR count). The van der Waals surface area contributed by atoms with Crippen molar-refractivity contribution >= 4 is 11.9 Å². The van der Waals surface area contributed by atoms with Crippen molar-refractivity contribution in [2.75, 3.05) is 11.9 Å². The lowest BCUT2D eigenvalue weighted by Crippen LogP contribution is -2.11. The Morgan fingerprint density at radius 1 is 1.24 bits per heavy atom. The summed E-state index contributed by atoms with van der Waals surface area (Å²) in [5.41, 5.74) is 2.35. The monoisotopic (exact) mass is 286 g/mol. The first kappa shape index (κ1) is 14.9. The fourth-order valence-electron chi connectivity index (χ4n) is 1.73. The summed E-state index contributed by atoms with van der Waals surface area (Å²) in [6.45, 7) is 6.02. The van der Waals surface area contributed by atoms with Gasteiger partial charge in [-0.2, -0.15) is 0 Å². The van der Waals surface area contributed by atoms with E-state index in [1.807, 2.05) is 32.2 Å². The van der Waals surface area contributed by atoms with Gasteiger partial charge in [0.2, 0.25) is 5.95 Å². The van der Waals surface area contributed by atoms with Crippen molar-refractivity contribution < 1.29 is 9.53 Å². The quantitative estimate of drug-likeness (QED) is 0.851. The van der Waals surface area contributed by atoms with E-state index >= 15 is 0 Å². The van der Waals surface area contributed by atoms with Crippen LogP contribution in [0.2, 0.25) is 0 Å². The number of carbonyl (C=O) groups is 1. The molecule has 0 aromatic carbocycles. The molecule has 0 bridgehead atoms. The van der Waals surface area contributed by atoms with E-state index in [4.69, 9.17) is 4.74 Å². The molecule has 1 atom stereocenters. The normalized spacial score (nSPS) is 11.8. The summed E-state index contributed by atoms with van der Waals surface area (Å²) in [6.07, 6.45) is 4.72. The van der Waals surface area contributed by atoms with Crippen LogP contribution in [0.15, 0.2) is 30.7 Å². The smallest absolute Gasteiger partial charge is 0.341 e. The van der Waals surface area contributed by atoms with Gasteiger partial charge in [0.1, 0.15) is 0 Å². The van der Waals surface area contributed by atoms with Gasteiger partial charge in [-0.05, 0) is 32.4 Å². The van der Waals surface area contributed by atoms with E-state index in [2.05, 4.69) is 20.3 Å². The first-order chi connectivity index (χ1) is 10.1. The number of aryl methyl sites for hydroxylation is 1. The van der Waals surface area contributed by atoms with Crippen LogP contribution in [0.3, 0.4) is 0 Å². The van der Waals surface area contributed by atoms with Crippen LogP contribution in [0.25, 0.3) is 0 Å². The third-order valence-corrected chi connectivity index (χ3v) is 2.94. The van der Waals surface area contributed by atoms with Crippen molar-refractivity contribution in [3.05, 3.63) is 47.5 Å². The third-order valence-electron chi connectivity index (χ3n) is 2.94. The number of hydrogen-bond donors (Lipinski definition) is 1. The summed E-state index contributed by atoms with van der Waals surface area (Å²) in [5, 5.41) is 3.16. The lowest BCUT2D eigenvalue weighted by molar-refractivity contribution is 0.0525. The molecular weight excluding hydrogens is 268 g/mol. The van der Waals surface area contributed by atoms with Gasteiger partial charge >= 0.3 is 5.97 Å². The lowest BCUT2D eigenvalue weighted by Gasteiger charge is -2.14. The zero-order chi connectivity index (χ0) is 15.2. The predicted molar refractivity (Wildman–Crippen MR) is 79.0 cm³/mol. The van der Waals surface area contributed by atoms with Crippen LogP contribution in [0.5, 0.6) is 0 Å². The number of nitrogens with zero attached hydrogens (tertiary/aromatic N) is 3. The second kappa shape index (κ2) is 6.78. The van der Waals surface area contributed by atoms with Crippen molar-refractivity contribution in [2.45, 2.75) is 26.8 Å². The molecule has 6 nitrogen and oxygen atoms in total. The Labute approximate surface area is 123 Å². The molecule has 0 aliphatic heterocycles. The molecular formula is C15H18N4O2. The Hall–Kier alpha value is -2.50. The van der Waals surface area contributed by atoms with Crippen molar-refractivity contribution in [3.63, 3.8) is 0 Å². The van der Waals surface area contributed by atoms with Crippen LogP contribution in [0.1, 0.15) is 41.5 Å². The van der Waals surface area contributed by atoms with Crippen molar-refractivity contribution in [1.82, 2.24) is 15.0 Å². The minimum atomic E-state index is -0.417. The largest absolute Gasteiger partial charge is 0.462 e. The Bertz CT molecular complexity index is 596. The maximum atomic E-state index is 11.5. The highest BCUT2D eigenvalue weighted by atomic mass is 16.5. The van der Waals surface area contributed by atoms with Crippen LogP contribution < -0.4 is 5.32 Å². The SMILES string of the molecule is CCOC(=O)c1cnc(N[C@@H](C)c2ccc(C)nc2)nc1. The Balaban J connectivity index is 2.02. The topological polar surface area (TPSA) is 77.0 Å². The summed E-state index contributed by atoms with van der Waals surface area (Å²) >= 11 is 0. The van der Waals surface area contributed by atoms with Gasteiger partial charge in [-0.25, -0.2) is 14.8 Å². The van der Waals surface area contributed by atoms with Gasteiger partial charge in [0, 0.05) is 24.3 Å². The number of carbonyl (C=O) groups excluding carboxylic acids is 1. The molecule has 0 aliphatic carbocycles. The highest BCUT2D eigenvalue weighted by Gasteiger charge is 2.10. The molecule has 0 unspecified atom stereocenters. The van der Waals surface area contributed by atoms with E-state index in [1.54, 1.807) is 6.92 Å². The van der Waals surface area contributed by atoms with Crippen LogP contribution in [-0.4, -0.2) is 27.5 Å². The minimum absolute atomic E-state index is 0.0199. The molecule has 110 valence electrons. The number of hydrogen-bond acceptors (Lipinski definition) is 6. The number of ether oxygens (including phenoxy) is 1. The molecule has 2 aromatic rings. The Morgan fingerprint density at radius 3 is 2.52 bits per heavy atom. The lowest BCUT2D eigenvalue weighted by atomic mass is 10.1. The number of esters is 1. The van der Waals surface area contributed by atoms with E-state index < -0.39 is 5.97 Å². The summed E-state index contributed by atoms with van der Waals surface area (Å²) < 4.78 is 4.88. The summed E-state index contributed by atoms with van der Waals surface area (Å²) in [7, 11) is 0. The highest BCUT2D eigenvalue weighted by Crippen LogP contribution is 2.16. The molecule has 0 aliphatic rings. The first-order valence-electron chi connectivity index (χ1n) is 6.78. The molecule has 0 fully saturated rings. The van der Waals surface area contributed by atoms with Crippen molar-refractivity contribution in [2.24, 2.45) is 0 Å². The molecule has 0 saturated heterocycles. The summed E-state index contributed by atoms with van der Waals surface area (Å²) in [4.78, 5) is 24.0. The van der Waals surface area contributed by atoms with Crippen LogP contribution in [0.4, 0.5) is 5.95 Å². The predicted octanol–water partition coefficient (Wildman–Crippen LogP) is 2.53. The molecule has 0 amide bonds. The molecule has 6 heteroatoms. The molecule has 0 saturated carbocycles. The van der Waals surface area contributed by atoms with Gasteiger partial charge in [0.05, 0.1) is 18.2 Å². The van der Waals surface area contributed by atoms with E-state index in [9.17, 15) is 4.79 Å². The van der Waals surface area contributed by atoms with Gasteiger partial charge in [0.25, 0.3) is 0 Å². The molecule has 2 aromatic heterocycles. The number of rotatable bonds is 5. The Morgan fingerprint density at radius 2 is 1.95 bits per heavy atom. The van der Waals surface area contributed by atoms with Crippen LogP contribution in [-0.2, 0) is 4.74 Å². The molecule has 2 heterocycles. The first-order valence-corrected chi connectivity index (χ1v) is 6.78. The minimum Gasteiger partial charge on any atom is -0.462 e. The fourth-order valence-corrected chi connectivity index (χ4v) is 1.73. The standard InChI is InChI=1S/C15H18N4O2/c1-4-21-14(20)13-8-17-15(18-9-13)19-11(3)12-6-5-10(2)16-7-12/h5-9,11H,4H2,1-3H3,(H,17,18,19)/t11-/m0/s1. The Kier molecular flexibility index (Phi) is 4.81. The molecule has 0 spiro atoms. The van der Waals surface area contributed by atoms with Crippen LogP contribution >= 0.6 is 0 Å². The fraction of sp³-hybridized carbons (Fsp3) is 0.333. The molecule has 0 radical (unpaired) electrons. The second-order valence-electron chi connectivity index (χ2n) is 4.61. The maximum Gasteiger partial charge on any atom is 0.341 e. The summed E-state index contributed by atoms with van der Waals surface area (Å²) in [6, 6.07) is 3.98. The van der Waals surface area contributed by atoms with Gasteiger partial charge in [-0.1, -0.05) is 6.07 Å².